The molecule has 0 aliphatic carbocycles. The van der Waals surface area contributed by atoms with Crippen LogP contribution >= 0.6 is 0 Å². The zero-order valence-corrected chi connectivity index (χ0v) is 11.3. The Hall–Kier alpha value is -0.0800. The van der Waals surface area contributed by atoms with Crippen LogP contribution in [0.25, 0.3) is 0 Å². The third kappa shape index (κ3) is 8.88. The zero-order chi connectivity index (χ0) is 11.9. The van der Waals surface area contributed by atoms with Gasteiger partial charge in [-0.2, -0.15) is 0 Å². The second kappa shape index (κ2) is 7.24. The van der Waals surface area contributed by atoms with E-state index in [1.807, 2.05) is 0 Å². The molecule has 0 aliphatic rings. The first-order valence-corrected chi connectivity index (χ1v) is 6.26. The third-order valence-corrected chi connectivity index (χ3v) is 3.03. The van der Waals surface area contributed by atoms with Crippen LogP contribution in [0, 0.1) is 11.3 Å². The Bertz CT molecular complexity index is 153. The Morgan fingerprint density at radius 1 is 1.20 bits per heavy atom. The smallest absolute Gasteiger partial charge is 0.00194 e. The molecule has 0 unspecified atom stereocenters. The SMILES string of the molecule is CC(C)CCN(C)CCCC(C)(C)CN. The standard InChI is InChI=1S/C13H30N2/c1-12(2)7-10-15(5)9-6-8-13(3,4)11-14/h12H,6-11,14H2,1-5H3. The molecule has 92 valence electrons. The molecule has 2 nitrogen and oxygen atoms in total. The van der Waals surface area contributed by atoms with E-state index in [1.165, 1.54) is 32.4 Å². The summed E-state index contributed by atoms with van der Waals surface area (Å²) in [5.74, 6) is 0.813. The molecule has 0 saturated heterocycles. The molecule has 0 amide bonds. The van der Waals surface area contributed by atoms with Gasteiger partial charge < -0.3 is 10.6 Å². The molecule has 0 bridgehead atoms. The van der Waals surface area contributed by atoms with Gasteiger partial charge in [-0.25, -0.2) is 0 Å². The molecule has 15 heavy (non-hydrogen) atoms. The first-order valence-electron chi connectivity index (χ1n) is 6.26. The Morgan fingerprint density at radius 3 is 2.27 bits per heavy atom. The summed E-state index contributed by atoms with van der Waals surface area (Å²) in [6.45, 7) is 12.3. The lowest BCUT2D eigenvalue weighted by Crippen LogP contribution is -2.27. The maximum Gasteiger partial charge on any atom is -0.00194 e. The topological polar surface area (TPSA) is 29.3 Å². The monoisotopic (exact) mass is 214 g/mol. The second-order valence-corrected chi connectivity index (χ2v) is 5.96. The van der Waals surface area contributed by atoms with E-state index in [0.717, 1.165) is 12.5 Å². The van der Waals surface area contributed by atoms with Gasteiger partial charge in [0.25, 0.3) is 0 Å². The molecule has 0 spiro atoms. The van der Waals surface area contributed by atoms with E-state index >= 15 is 0 Å². The third-order valence-electron chi connectivity index (χ3n) is 3.03. The molecule has 0 aliphatic heterocycles. The lowest BCUT2D eigenvalue weighted by molar-refractivity contribution is 0.268. The summed E-state index contributed by atoms with van der Waals surface area (Å²) < 4.78 is 0. The van der Waals surface area contributed by atoms with Gasteiger partial charge in [0.15, 0.2) is 0 Å². The Morgan fingerprint density at radius 2 is 1.80 bits per heavy atom. The van der Waals surface area contributed by atoms with Gasteiger partial charge in [0, 0.05) is 0 Å². The van der Waals surface area contributed by atoms with Crippen LogP contribution in [0.15, 0.2) is 0 Å². The van der Waals surface area contributed by atoms with Gasteiger partial charge in [0.05, 0.1) is 0 Å². The van der Waals surface area contributed by atoms with E-state index in [1.54, 1.807) is 0 Å². The first kappa shape index (κ1) is 14.9. The van der Waals surface area contributed by atoms with Crippen LogP contribution in [0.4, 0.5) is 0 Å². The fraction of sp³-hybridized carbons (Fsp3) is 1.00. The van der Waals surface area contributed by atoms with Crippen molar-refractivity contribution in [2.45, 2.75) is 47.0 Å². The van der Waals surface area contributed by atoms with Crippen LogP contribution in [-0.4, -0.2) is 31.6 Å². The fourth-order valence-electron chi connectivity index (χ4n) is 1.52. The average molecular weight is 214 g/mol. The van der Waals surface area contributed by atoms with E-state index in [2.05, 4.69) is 39.6 Å². The van der Waals surface area contributed by atoms with Crippen LogP contribution in [0.1, 0.15) is 47.0 Å². The number of hydrogen-bond donors (Lipinski definition) is 1. The minimum atomic E-state index is 0.318. The van der Waals surface area contributed by atoms with Crippen molar-refractivity contribution in [2.75, 3.05) is 26.7 Å². The van der Waals surface area contributed by atoms with Gasteiger partial charge in [-0.15, -0.1) is 0 Å². The molecule has 0 heterocycles. The van der Waals surface area contributed by atoms with Gasteiger partial charge in [0.2, 0.25) is 0 Å². The van der Waals surface area contributed by atoms with E-state index in [0.29, 0.717) is 5.41 Å². The van der Waals surface area contributed by atoms with E-state index in [4.69, 9.17) is 5.73 Å². The Labute approximate surface area is 96.2 Å². The van der Waals surface area contributed by atoms with E-state index in [9.17, 15) is 0 Å². The van der Waals surface area contributed by atoms with Gasteiger partial charge in [-0.1, -0.05) is 27.7 Å². The number of hydrogen-bond acceptors (Lipinski definition) is 2. The maximum atomic E-state index is 5.71. The minimum absolute atomic E-state index is 0.318. The van der Waals surface area contributed by atoms with Crippen molar-refractivity contribution in [1.29, 1.82) is 0 Å². The van der Waals surface area contributed by atoms with Crippen molar-refractivity contribution in [3.8, 4) is 0 Å². The predicted octanol–water partition coefficient (Wildman–Crippen LogP) is 2.73. The minimum Gasteiger partial charge on any atom is -0.330 e. The van der Waals surface area contributed by atoms with Crippen molar-refractivity contribution < 1.29 is 0 Å². The second-order valence-electron chi connectivity index (χ2n) is 5.96. The summed E-state index contributed by atoms with van der Waals surface area (Å²) in [4.78, 5) is 2.44. The molecule has 0 rings (SSSR count). The summed E-state index contributed by atoms with van der Waals surface area (Å²) in [6, 6.07) is 0. The summed E-state index contributed by atoms with van der Waals surface area (Å²) in [5, 5.41) is 0. The van der Waals surface area contributed by atoms with Crippen molar-refractivity contribution in [2.24, 2.45) is 17.1 Å². The number of rotatable bonds is 8. The highest BCUT2D eigenvalue weighted by molar-refractivity contribution is 4.69. The number of nitrogens with zero attached hydrogens (tertiary/aromatic N) is 1. The molecule has 2 N–H and O–H groups in total. The predicted molar refractivity (Wildman–Crippen MR) is 69.0 cm³/mol. The van der Waals surface area contributed by atoms with Gasteiger partial charge in [0.1, 0.15) is 0 Å². The largest absolute Gasteiger partial charge is 0.330 e. The van der Waals surface area contributed by atoms with Gasteiger partial charge in [-0.3, -0.25) is 0 Å². The molecule has 2 heteroatoms. The van der Waals surface area contributed by atoms with E-state index in [-0.39, 0.29) is 0 Å². The fourth-order valence-corrected chi connectivity index (χ4v) is 1.52. The zero-order valence-electron chi connectivity index (χ0n) is 11.3. The van der Waals surface area contributed by atoms with Crippen LogP contribution in [0.2, 0.25) is 0 Å². The lowest BCUT2D eigenvalue weighted by atomic mass is 9.88. The Kier molecular flexibility index (Phi) is 7.20. The van der Waals surface area contributed by atoms with Gasteiger partial charge in [-0.05, 0) is 57.3 Å². The summed E-state index contributed by atoms with van der Waals surface area (Å²) in [6.07, 6.45) is 3.80. The summed E-state index contributed by atoms with van der Waals surface area (Å²) in [5.41, 5.74) is 6.03. The maximum absolute atomic E-state index is 5.71. The molecular weight excluding hydrogens is 184 g/mol. The highest BCUT2D eigenvalue weighted by atomic mass is 15.1. The molecule has 0 aromatic rings. The molecule has 0 aromatic carbocycles. The highest BCUT2D eigenvalue weighted by Gasteiger charge is 2.14. The molecule has 0 saturated carbocycles. The molecule has 0 radical (unpaired) electrons. The van der Waals surface area contributed by atoms with Crippen LogP contribution in [0.3, 0.4) is 0 Å². The van der Waals surface area contributed by atoms with Crippen molar-refractivity contribution >= 4 is 0 Å². The first-order chi connectivity index (χ1) is 6.87. The molecular formula is C13H30N2. The quantitative estimate of drug-likeness (QED) is 0.673. The molecule has 0 aromatic heterocycles. The highest BCUT2D eigenvalue weighted by Crippen LogP contribution is 2.20. The van der Waals surface area contributed by atoms with Gasteiger partial charge >= 0.3 is 0 Å². The number of nitrogens with two attached hydrogens (primary N) is 1. The molecule has 0 fully saturated rings. The van der Waals surface area contributed by atoms with Crippen LogP contribution in [-0.2, 0) is 0 Å². The van der Waals surface area contributed by atoms with Crippen LogP contribution < -0.4 is 5.73 Å². The van der Waals surface area contributed by atoms with E-state index < -0.39 is 0 Å². The normalized spacial score (nSPS) is 12.8. The summed E-state index contributed by atoms with van der Waals surface area (Å²) in [7, 11) is 2.22. The molecule has 0 atom stereocenters. The van der Waals surface area contributed by atoms with Crippen molar-refractivity contribution in [1.82, 2.24) is 4.90 Å². The average Bonchev–Trinajstić information content (AvgIpc) is 2.14. The Balaban J connectivity index is 3.50. The van der Waals surface area contributed by atoms with Crippen molar-refractivity contribution in [3.63, 3.8) is 0 Å². The lowest BCUT2D eigenvalue weighted by Gasteiger charge is -2.24. The summed E-state index contributed by atoms with van der Waals surface area (Å²) >= 11 is 0. The van der Waals surface area contributed by atoms with Crippen LogP contribution in [0.5, 0.6) is 0 Å². The van der Waals surface area contributed by atoms with Crippen molar-refractivity contribution in [3.05, 3.63) is 0 Å².